The molecule has 25 heavy (non-hydrogen) atoms. The zero-order chi connectivity index (χ0) is 17.6. The molecule has 0 radical (unpaired) electrons. The summed E-state index contributed by atoms with van der Waals surface area (Å²) in [5, 5.41) is 4.49. The summed E-state index contributed by atoms with van der Waals surface area (Å²) in [5.74, 6) is 1.36. The lowest BCUT2D eigenvalue weighted by atomic mass is 10.5. The number of aromatic nitrogens is 1. The summed E-state index contributed by atoms with van der Waals surface area (Å²) >= 11 is 0.971. The molecule has 0 amide bonds. The van der Waals surface area contributed by atoms with E-state index in [9.17, 15) is 13.2 Å². The molecule has 1 aliphatic rings. The maximum atomic E-state index is 12.6. The van der Waals surface area contributed by atoms with Gasteiger partial charge in [0.25, 0.3) is 0 Å². The molecular weight excluding hydrogens is 468 g/mol. The lowest BCUT2D eigenvalue weighted by Crippen LogP contribution is -2.40. The van der Waals surface area contributed by atoms with Gasteiger partial charge < -0.3 is 15.0 Å². The SMILES string of the molecule is CCNC(=NCc1nc(C(F)(F)F)cs1)N(C)CCOCC1CC1.I. The van der Waals surface area contributed by atoms with Crippen LogP contribution in [-0.4, -0.2) is 49.2 Å². The Bertz CT molecular complexity index is 549. The Labute approximate surface area is 167 Å². The molecule has 1 heterocycles. The molecule has 1 fully saturated rings. The van der Waals surface area contributed by atoms with E-state index in [1.54, 1.807) is 0 Å². The Morgan fingerprint density at radius 2 is 2.20 bits per heavy atom. The number of rotatable bonds is 8. The van der Waals surface area contributed by atoms with Crippen LogP contribution in [0.3, 0.4) is 0 Å². The lowest BCUT2D eigenvalue weighted by Gasteiger charge is -2.21. The summed E-state index contributed by atoms with van der Waals surface area (Å²) < 4.78 is 43.3. The molecule has 10 heteroatoms. The minimum absolute atomic E-state index is 0. The zero-order valence-corrected chi connectivity index (χ0v) is 17.5. The third kappa shape index (κ3) is 8.07. The Balaban J connectivity index is 0.00000312. The Morgan fingerprint density at radius 3 is 2.76 bits per heavy atom. The maximum Gasteiger partial charge on any atom is 0.434 e. The monoisotopic (exact) mass is 492 g/mol. The van der Waals surface area contributed by atoms with E-state index in [0.717, 1.165) is 29.2 Å². The molecule has 0 atom stereocenters. The smallest absolute Gasteiger partial charge is 0.379 e. The third-order valence-corrected chi connectivity index (χ3v) is 4.36. The number of hydrogen-bond donors (Lipinski definition) is 1. The minimum Gasteiger partial charge on any atom is -0.379 e. The van der Waals surface area contributed by atoms with Crippen LogP contribution in [-0.2, 0) is 17.5 Å². The summed E-state index contributed by atoms with van der Waals surface area (Å²) in [4.78, 5) is 9.86. The van der Waals surface area contributed by atoms with Crippen LogP contribution >= 0.6 is 35.3 Å². The van der Waals surface area contributed by atoms with Crippen molar-refractivity contribution < 1.29 is 17.9 Å². The van der Waals surface area contributed by atoms with E-state index in [1.165, 1.54) is 12.8 Å². The molecule has 1 N–H and O–H groups in total. The second kappa shape index (κ2) is 10.5. The number of aliphatic imine (C=N–C) groups is 1. The fourth-order valence-corrected chi connectivity index (χ4v) is 2.69. The maximum absolute atomic E-state index is 12.6. The molecule has 0 unspecified atom stereocenters. The van der Waals surface area contributed by atoms with Gasteiger partial charge in [-0.25, -0.2) is 9.98 Å². The van der Waals surface area contributed by atoms with Gasteiger partial charge in [0.1, 0.15) is 5.01 Å². The van der Waals surface area contributed by atoms with Crippen molar-refractivity contribution in [1.82, 2.24) is 15.2 Å². The van der Waals surface area contributed by atoms with Gasteiger partial charge in [-0.1, -0.05) is 0 Å². The van der Waals surface area contributed by atoms with Crippen LogP contribution < -0.4 is 5.32 Å². The van der Waals surface area contributed by atoms with Crippen molar-refractivity contribution in [2.75, 3.05) is 33.4 Å². The number of halogens is 4. The van der Waals surface area contributed by atoms with Gasteiger partial charge in [-0.2, -0.15) is 13.2 Å². The fourth-order valence-electron chi connectivity index (χ4n) is 1.97. The predicted octanol–water partition coefficient (Wildman–Crippen LogP) is 3.60. The number of guanidine groups is 1. The van der Waals surface area contributed by atoms with Gasteiger partial charge in [0, 0.05) is 32.1 Å². The molecule has 0 saturated heterocycles. The van der Waals surface area contributed by atoms with Gasteiger partial charge in [0.2, 0.25) is 0 Å². The molecule has 2 rings (SSSR count). The average Bonchev–Trinajstić information content (AvgIpc) is 3.21. The van der Waals surface area contributed by atoms with E-state index in [1.807, 2.05) is 18.9 Å². The van der Waals surface area contributed by atoms with Crippen LogP contribution in [0.4, 0.5) is 13.2 Å². The molecule has 0 aromatic carbocycles. The molecule has 0 bridgehead atoms. The average molecular weight is 492 g/mol. The molecule has 1 aromatic rings. The van der Waals surface area contributed by atoms with E-state index in [-0.39, 0.29) is 30.5 Å². The van der Waals surface area contributed by atoms with Crippen molar-refractivity contribution in [1.29, 1.82) is 0 Å². The van der Waals surface area contributed by atoms with Crippen molar-refractivity contribution >= 4 is 41.3 Å². The van der Waals surface area contributed by atoms with Crippen LogP contribution in [0.2, 0.25) is 0 Å². The molecule has 1 aromatic heterocycles. The zero-order valence-electron chi connectivity index (χ0n) is 14.3. The lowest BCUT2D eigenvalue weighted by molar-refractivity contribution is -0.140. The van der Waals surface area contributed by atoms with E-state index in [4.69, 9.17) is 4.74 Å². The Hall–Kier alpha value is -0.620. The standard InChI is InChI=1S/C15H23F3N4OS.HI/c1-3-19-14(22(2)6-7-23-9-11-4-5-11)20-8-13-21-12(10-24-13)15(16,17)18;/h10-11H,3-9H2,1-2H3,(H,19,20);1H. The normalized spacial score (nSPS) is 15.0. The number of alkyl halides is 3. The van der Waals surface area contributed by atoms with E-state index < -0.39 is 11.9 Å². The first-order chi connectivity index (χ1) is 11.4. The van der Waals surface area contributed by atoms with Crippen molar-refractivity contribution in [2.45, 2.75) is 32.5 Å². The highest BCUT2D eigenvalue weighted by Crippen LogP contribution is 2.30. The second-order valence-corrected chi connectivity index (χ2v) is 6.68. The molecule has 0 spiro atoms. The van der Waals surface area contributed by atoms with Gasteiger partial charge >= 0.3 is 6.18 Å². The molecular formula is C15H24F3IN4OS. The van der Waals surface area contributed by atoms with Crippen LogP contribution in [0.1, 0.15) is 30.5 Å². The molecule has 144 valence electrons. The topological polar surface area (TPSA) is 49.8 Å². The molecule has 1 saturated carbocycles. The minimum atomic E-state index is -4.40. The number of nitrogens with zero attached hydrogens (tertiary/aromatic N) is 3. The summed E-state index contributed by atoms with van der Waals surface area (Å²) in [5.41, 5.74) is -0.857. The van der Waals surface area contributed by atoms with Crippen molar-refractivity contribution in [3.63, 3.8) is 0 Å². The summed E-state index contributed by atoms with van der Waals surface area (Å²) in [6.45, 7) is 4.82. The molecule has 5 nitrogen and oxygen atoms in total. The fraction of sp³-hybridized carbons (Fsp3) is 0.733. The Morgan fingerprint density at radius 1 is 1.48 bits per heavy atom. The largest absolute Gasteiger partial charge is 0.434 e. The van der Waals surface area contributed by atoms with E-state index >= 15 is 0 Å². The highest BCUT2D eigenvalue weighted by atomic mass is 127. The van der Waals surface area contributed by atoms with Crippen LogP contribution in [0.15, 0.2) is 10.4 Å². The van der Waals surface area contributed by atoms with E-state index in [0.29, 0.717) is 30.7 Å². The highest BCUT2D eigenvalue weighted by molar-refractivity contribution is 14.0. The number of hydrogen-bond acceptors (Lipinski definition) is 4. The first-order valence-electron chi connectivity index (χ1n) is 7.99. The summed E-state index contributed by atoms with van der Waals surface area (Å²) in [7, 11) is 1.88. The van der Waals surface area contributed by atoms with Crippen LogP contribution in [0.5, 0.6) is 0 Å². The van der Waals surface area contributed by atoms with Gasteiger partial charge in [0.15, 0.2) is 11.7 Å². The summed E-state index contributed by atoms with van der Waals surface area (Å²) in [6.07, 6.45) is -1.89. The van der Waals surface area contributed by atoms with Crippen molar-refractivity contribution in [2.24, 2.45) is 10.9 Å². The number of likely N-dealkylation sites (N-methyl/N-ethyl adjacent to an activating group) is 1. The number of thiazole rings is 1. The van der Waals surface area contributed by atoms with Crippen LogP contribution in [0.25, 0.3) is 0 Å². The molecule has 0 aliphatic heterocycles. The number of nitrogens with one attached hydrogen (secondary N) is 1. The first kappa shape index (κ1) is 22.4. The van der Waals surface area contributed by atoms with Gasteiger partial charge in [-0.3, -0.25) is 0 Å². The predicted molar refractivity (Wildman–Crippen MR) is 104 cm³/mol. The van der Waals surface area contributed by atoms with Crippen LogP contribution in [0, 0.1) is 5.92 Å². The Kier molecular flexibility index (Phi) is 9.43. The summed E-state index contributed by atoms with van der Waals surface area (Å²) in [6, 6.07) is 0. The number of ether oxygens (including phenoxy) is 1. The van der Waals surface area contributed by atoms with Crippen molar-refractivity contribution in [3.05, 3.63) is 16.1 Å². The van der Waals surface area contributed by atoms with E-state index in [2.05, 4.69) is 15.3 Å². The van der Waals surface area contributed by atoms with Gasteiger partial charge in [-0.15, -0.1) is 35.3 Å². The molecule has 1 aliphatic carbocycles. The first-order valence-corrected chi connectivity index (χ1v) is 8.87. The van der Waals surface area contributed by atoms with Gasteiger partial charge in [0.05, 0.1) is 13.2 Å². The quantitative estimate of drug-likeness (QED) is 0.261. The third-order valence-electron chi connectivity index (χ3n) is 3.52. The second-order valence-electron chi connectivity index (χ2n) is 5.73. The van der Waals surface area contributed by atoms with Crippen molar-refractivity contribution in [3.8, 4) is 0 Å². The van der Waals surface area contributed by atoms with Gasteiger partial charge in [-0.05, 0) is 25.7 Å². The highest BCUT2D eigenvalue weighted by Gasteiger charge is 2.33.